The Labute approximate surface area is 139 Å². The summed E-state index contributed by atoms with van der Waals surface area (Å²) >= 11 is 0. The van der Waals surface area contributed by atoms with E-state index in [4.69, 9.17) is 5.11 Å². The smallest absolute Gasteiger partial charge is 0.308 e. The van der Waals surface area contributed by atoms with Crippen molar-refractivity contribution in [3.63, 3.8) is 0 Å². The predicted molar refractivity (Wildman–Crippen MR) is 84.6 cm³/mol. The Morgan fingerprint density at radius 2 is 2.08 bits per heavy atom. The monoisotopic (exact) mass is 336 g/mol. The molecule has 130 valence electrons. The fraction of sp³-hybridized carbons (Fsp3) is 0.471. The Morgan fingerprint density at radius 3 is 2.67 bits per heavy atom. The third kappa shape index (κ3) is 5.33. The van der Waals surface area contributed by atoms with Gasteiger partial charge in [-0.05, 0) is 30.5 Å². The highest BCUT2D eigenvalue weighted by Gasteiger charge is 2.34. The van der Waals surface area contributed by atoms with Gasteiger partial charge in [-0.25, -0.2) is 4.39 Å². The van der Waals surface area contributed by atoms with Gasteiger partial charge in [-0.1, -0.05) is 19.1 Å². The molecule has 0 aliphatic heterocycles. The molecule has 1 aromatic rings. The average Bonchev–Trinajstić information content (AvgIpc) is 3.34. The van der Waals surface area contributed by atoms with Gasteiger partial charge in [0.2, 0.25) is 11.8 Å². The number of carboxylic acids is 1. The molecule has 1 fully saturated rings. The minimum atomic E-state index is -0.955. The number of aliphatic carboxylic acids is 1. The molecule has 2 N–H and O–H groups in total. The van der Waals surface area contributed by atoms with E-state index in [9.17, 15) is 18.8 Å². The van der Waals surface area contributed by atoms with Crippen molar-refractivity contribution < 1.29 is 23.9 Å². The van der Waals surface area contributed by atoms with Gasteiger partial charge >= 0.3 is 5.97 Å². The average molecular weight is 336 g/mol. The van der Waals surface area contributed by atoms with Gasteiger partial charge in [0.15, 0.2) is 0 Å². The van der Waals surface area contributed by atoms with Gasteiger partial charge in [-0.3, -0.25) is 14.4 Å². The lowest BCUT2D eigenvalue weighted by Gasteiger charge is -2.24. The molecule has 1 atom stereocenters. The first kappa shape index (κ1) is 17.9. The molecule has 0 saturated heterocycles. The number of rotatable bonds is 8. The summed E-state index contributed by atoms with van der Waals surface area (Å²) in [4.78, 5) is 36.6. The number of nitrogens with one attached hydrogen (secondary N) is 1. The topological polar surface area (TPSA) is 86.7 Å². The van der Waals surface area contributed by atoms with E-state index in [0.717, 1.165) is 12.8 Å². The van der Waals surface area contributed by atoms with Crippen LogP contribution in [0.4, 0.5) is 4.39 Å². The Bertz CT molecular complexity index is 631. The molecule has 0 spiro atoms. The minimum absolute atomic E-state index is 0.0139. The van der Waals surface area contributed by atoms with Crippen molar-refractivity contribution in [3.05, 3.63) is 35.6 Å². The second-order valence-corrected chi connectivity index (χ2v) is 6.10. The quantitative estimate of drug-likeness (QED) is 0.747. The number of carbonyl (C=O) groups is 3. The fourth-order valence-corrected chi connectivity index (χ4v) is 2.38. The maximum absolute atomic E-state index is 13.1. The van der Waals surface area contributed by atoms with E-state index < -0.39 is 17.7 Å². The number of hydrogen-bond acceptors (Lipinski definition) is 3. The first-order chi connectivity index (χ1) is 11.4. The Morgan fingerprint density at radius 1 is 1.38 bits per heavy atom. The number of hydrogen-bond donors (Lipinski definition) is 2. The summed E-state index contributed by atoms with van der Waals surface area (Å²) in [6.07, 6.45) is 1.70. The second kappa shape index (κ2) is 7.90. The van der Waals surface area contributed by atoms with E-state index in [1.54, 1.807) is 13.0 Å². The zero-order chi connectivity index (χ0) is 17.7. The zero-order valence-electron chi connectivity index (χ0n) is 13.5. The predicted octanol–water partition coefficient (Wildman–Crippen LogP) is 1.20. The van der Waals surface area contributed by atoms with Gasteiger partial charge in [0.25, 0.3) is 0 Å². The molecule has 1 aliphatic rings. The van der Waals surface area contributed by atoms with Gasteiger partial charge in [0.1, 0.15) is 5.82 Å². The van der Waals surface area contributed by atoms with Crippen molar-refractivity contribution in [2.45, 2.75) is 32.2 Å². The van der Waals surface area contributed by atoms with Gasteiger partial charge in [0, 0.05) is 12.6 Å². The minimum Gasteiger partial charge on any atom is -0.481 e. The fourth-order valence-electron chi connectivity index (χ4n) is 2.38. The van der Waals surface area contributed by atoms with Crippen LogP contribution < -0.4 is 5.32 Å². The van der Waals surface area contributed by atoms with Gasteiger partial charge in [0.05, 0.1) is 18.9 Å². The summed E-state index contributed by atoms with van der Waals surface area (Å²) in [5.41, 5.74) is 0.526. The molecular formula is C17H21FN2O4. The molecule has 0 bridgehead atoms. The van der Waals surface area contributed by atoms with Crippen molar-refractivity contribution in [3.8, 4) is 0 Å². The Balaban J connectivity index is 1.83. The van der Waals surface area contributed by atoms with E-state index in [0.29, 0.717) is 5.56 Å². The number of benzene rings is 1. The summed E-state index contributed by atoms with van der Waals surface area (Å²) in [5, 5.41) is 11.5. The van der Waals surface area contributed by atoms with Gasteiger partial charge in [-0.2, -0.15) is 0 Å². The maximum Gasteiger partial charge on any atom is 0.308 e. The van der Waals surface area contributed by atoms with Crippen molar-refractivity contribution in [1.29, 1.82) is 0 Å². The van der Waals surface area contributed by atoms with Crippen LogP contribution in [0.1, 0.15) is 25.3 Å². The molecule has 1 unspecified atom stereocenters. The largest absolute Gasteiger partial charge is 0.481 e. The normalized spacial score (nSPS) is 14.8. The third-order valence-electron chi connectivity index (χ3n) is 3.89. The lowest BCUT2D eigenvalue weighted by atomic mass is 10.1. The Kier molecular flexibility index (Phi) is 5.89. The molecule has 1 aromatic carbocycles. The summed E-state index contributed by atoms with van der Waals surface area (Å²) in [5.74, 6) is -2.70. The van der Waals surface area contributed by atoms with E-state index in [1.807, 2.05) is 0 Å². The summed E-state index contributed by atoms with van der Waals surface area (Å²) in [6.45, 7) is 1.50. The summed E-state index contributed by atoms with van der Waals surface area (Å²) in [7, 11) is 0. The van der Waals surface area contributed by atoms with Crippen LogP contribution in [0, 0.1) is 11.7 Å². The maximum atomic E-state index is 13.1. The zero-order valence-corrected chi connectivity index (χ0v) is 13.5. The van der Waals surface area contributed by atoms with Crippen LogP contribution in [0.25, 0.3) is 0 Å². The molecule has 24 heavy (non-hydrogen) atoms. The summed E-state index contributed by atoms with van der Waals surface area (Å²) in [6, 6.07) is 5.79. The highest BCUT2D eigenvalue weighted by atomic mass is 19.1. The molecule has 7 heteroatoms. The van der Waals surface area contributed by atoms with E-state index in [-0.39, 0.29) is 37.4 Å². The van der Waals surface area contributed by atoms with Crippen LogP contribution in [0.2, 0.25) is 0 Å². The van der Waals surface area contributed by atoms with Crippen molar-refractivity contribution in [2.24, 2.45) is 5.92 Å². The van der Waals surface area contributed by atoms with E-state index >= 15 is 0 Å². The standard InChI is InChI=1S/C17H21FN2O4/c1-11(17(23)24)10-20(14-5-6-14)16(22)9-19-15(21)8-12-3-2-4-13(18)7-12/h2-4,7,11,14H,5-6,8-10H2,1H3,(H,19,21)(H,23,24). The molecule has 0 radical (unpaired) electrons. The first-order valence-corrected chi connectivity index (χ1v) is 7.90. The molecule has 1 saturated carbocycles. The molecule has 1 aliphatic carbocycles. The van der Waals surface area contributed by atoms with E-state index in [1.165, 1.54) is 23.1 Å². The highest BCUT2D eigenvalue weighted by Crippen LogP contribution is 2.27. The molecular weight excluding hydrogens is 315 g/mol. The van der Waals surface area contributed by atoms with Crippen LogP contribution in [-0.2, 0) is 20.8 Å². The Hall–Kier alpha value is -2.44. The SMILES string of the molecule is CC(CN(C(=O)CNC(=O)Cc1cccc(F)c1)C1CC1)C(=O)O. The van der Waals surface area contributed by atoms with Gasteiger partial charge in [-0.15, -0.1) is 0 Å². The molecule has 0 heterocycles. The van der Waals surface area contributed by atoms with Crippen LogP contribution in [0.3, 0.4) is 0 Å². The van der Waals surface area contributed by atoms with Crippen LogP contribution in [0.5, 0.6) is 0 Å². The molecule has 2 rings (SSSR count). The van der Waals surface area contributed by atoms with Crippen LogP contribution in [-0.4, -0.2) is 46.9 Å². The second-order valence-electron chi connectivity index (χ2n) is 6.10. The lowest BCUT2D eigenvalue weighted by molar-refractivity contribution is -0.143. The van der Waals surface area contributed by atoms with Crippen molar-refractivity contribution in [2.75, 3.05) is 13.1 Å². The van der Waals surface area contributed by atoms with Crippen molar-refractivity contribution in [1.82, 2.24) is 10.2 Å². The number of carbonyl (C=O) groups excluding carboxylic acids is 2. The highest BCUT2D eigenvalue weighted by molar-refractivity contribution is 5.86. The molecule has 2 amide bonds. The first-order valence-electron chi connectivity index (χ1n) is 7.90. The van der Waals surface area contributed by atoms with Crippen LogP contribution >= 0.6 is 0 Å². The van der Waals surface area contributed by atoms with E-state index in [2.05, 4.69) is 5.32 Å². The summed E-state index contributed by atoms with van der Waals surface area (Å²) < 4.78 is 13.1. The van der Waals surface area contributed by atoms with Crippen molar-refractivity contribution >= 4 is 17.8 Å². The number of carboxylic acid groups (broad SMARTS) is 1. The molecule has 6 nitrogen and oxygen atoms in total. The molecule has 0 aromatic heterocycles. The number of nitrogens with zero attached hydrogens (tertiary/aromatic N) is 1. The third-order valence-corrected chi connectivity index (χ3v) is 3.89. The van der Waals surface area contributed by atoms with Crippen LogP contribution in [0.15, 0.2) is 24.3 Å². The number of amides is 2. The number of halogens is 1. The van der Waals surface area contributed by atoms with Gasteiger partial charge < -0.3 is 15.3 Å². The lowest BCUT2D eigenvalue weighted by Crippen LogP contribution is -2.44.